The van der Waals surface area contributed by atoms with E-state index in [1.165, 1.54) is 17.5 Å². The molecule has 0 N–H and O–H groups in total. The lowest BCUT2D eigenvalue weighted by Gasteiger charge is -2.32. The first-order valence-electron chi connectivity index (χ1n) is 6.31. The third-order valence-corrected chi connectivity index (χ3v) is 5.24. The van der Waals surface area contributed by atoms with Crippen LogP contribution in [0.1, 0.15) is 37.4 Å². The van der Waals surface area contributed by atoms with Crippen molar-refractivity contribution in [1.82, 2.24) is 9.46 Å². The van der Waals surface area contributed by atoms with Crippen LogP contribution in [-0.4, -0.2) is 36.2 Å². The highest BCUT2D eigenvalue weighted by Crippen LogP contribution is 2.23. The van der Waals surface area contributed by atoms with Crippen molar-refractivity contribution in [3.05, 3.63) is 17.5 Å². The molecule has 1 saturated heterocycles. The van der Waals surface area contributed by atoms with Gasteiger partial charge in [0, 0.05) is 12.1 Å². The van der Waals surface area contributed by atoms with Crippen molar-refractivity contribution in [2.24, 2.45) is 0 Å². The number of rotatable bonds is 4. The van der Waals surface area contributed by atoms with Crippen LogP contribution in [0.25, 0.3) is 0 Å². The second-order valence-electron chi connectivity index (χ2n) is 4.93. The molecular weight excluding hydrogens is 268 g/mol. The number of aromatic nitrogens is 1. The van der Waals surface area contributed by atoms with Gasteiger partial charge >= 0.3 is 0 Å². The molecule has 6 nitrogen and oxygen atoms in total. The van der Waals surface area contributed by atoms with Gasteiger partial charge in [-0.3, -0.25) is 4.79 Å². The average molecular weight is 286 g/mol. The number of aryl methyl sites for hydroxylation is 1. The van der Waals surface area contributed by atoms with Gasteiger partial charge in [0.15, 0.2) is 0 Å². The first-order chi connectivity index (χ1) is 8.92. The van der Waals surface area contributed by atoms with Gasteiger partial charge in [-0.2, -0.15) is 4.31 Å². The standard InChI is InChI=1S/C12H18N2O4S/c1-9-7-18-13-11(9)8-19(16,17)14-6-4-3-5-12(14)10(2)15/h7,12H,3-6,8H2,1-2H3. The largest absolute Gasteiger partial charge is 0.364 e. The van der Waals surface area contributed by atoms with Gasteiger partial charge in [-0.25, -0.2) is 8.42 Å². The van der Waals surface area contributed by atoms with E-state index >= 15 is 0 Å². The van der Waals surface area contributed by atoms with Gasteiger partial charge in [-0.1, -0.05) is 11.6 Å². The van der Waals surface area contributed by atoms with E-state index in [1.807, 2.05) is 0 Å². The Bertz CT molecular complexity index is 564. The number of hydrogen-bond acceptors (Lipinski definition) is 5. The molecule has 0 aliphatic carbocycles. The molecule has 0 saturated carbocycles. The Balaban J connectivity index is 2.22. The molecule has 1 atom stereocenters. The lowest BCUT2D eigenvalue weighted by atomic mass is 10.0. The predicted octanol–water partition coefficient (Wildman–Crippen LogP) is 1.26. The van der Waals surface area contributed by atoms with E-state index in [4.69, 9.17) is 4.52 Å². The van der Waals surface area contributed by atoms with Gasteiger partial charge in [-0.05, 0) is 26.7 Å². The molecule has 1 aromatic rings. The van der Waals surface area contributed by atoms with E-state index in [-0.39, 0.29) is 11.5 Å². The Morgan fingerprint density at radius 1 is 1.53 bits per heavy atom. The summed E-state index contributed by atoms with van der Waals surface area (Å²) in [7, 11) is -3.53. The monoisotopic (exact) mass is 286 g/mol. The summed E-state index contributed by atoms with van der Waals surface area (Å²) in [5, 5.41) is 3.70. The number of carbonyl (C=O) groups is 1. The second kappa shape index (κ2) is 5.42. The van der Waals surface area contributed by atoms with Crippen LogP contribution in [0.15, 0.2) is 10.8 Å². The van der Waals surface area contributed by atoms with Crippen LogP contribution in [0.3, 0.4) is 0 Å². The molecule has 1 unspecified atom stereocenters. The van der Waals surface area contributed by atoms with Crippen LogP contribution < -0.4 is 0 Å². The summed E-state index contributed by atoms with van der Waals surface area (Å²) in [6, 6.07) is -0.522. The molecule has 1 aromatic heterocycles. The van der Waals surface area contributed by atoms with Crippen LogP contribution in [0.5, 0.6) is 0 Å². The molecule has 19 heavy (non-hydrogen) atoms. The fourth-order valence-corrected chi connectivity index (χ4v) is 4.19. The smallest absolute Gasteiger partial charge is 0.220 e. The summed E-state index contributed by atoms with van der Waals surface area (Å²) >= 11 is 0. The molecule has 1 aliphatic rings. The molecule has 1 fully saturated rings. The highest BCUT2D eigenvalue weighted by atomic mass is 32.2. The van der Waals surface area contributed by atoms with Crippen LogP contribution in [0.4, 0.5) is 0 Å². The number of Topliss-reactive ketones (excluding diaryl/α,β-unsaturated/α-hetero) is 1. The maximum Gasteiger partial charge on any atom is 0.220 e. The molecule has 1 aliphatic heterocycles. The summed E-state index contributed by atoms with van der Waals surface area (Å²) in [5.74, 6) is -0.306. The minimum Gasteiger partial charge on any atom is -0.364 e. The maximum absolute atomic E-state index is 12.4. The number of nitrogens with zero attached hydrogens (tertiary/aromatic N) is 2. The predicted molar refractivity (Wildman–Crippen MR) is 68.9 cm³/mol. The Labute approximate surface area is 112 Å². The Hall–Kier alpha value is -1.21. The molecule has 0 aromatic carbocycles. The number of carbonyl (C=O) groups excluding carboxylic acids is 1. The van der Waals surface area contributed by atoms with Gasteiger partial charge in [-0.15, -0.1) is 0 Å². The van der Waals surface area contributed by atoms with Crippen molar-refractivity contribution in [3.63, 3.8) is 0 Å². The molecule has 106 valence electrons. The summed E-state index contributed by atoms with van der Waals surface area (Å²) in [5.41, 5.74) is 1.12. The van der Waals surface area contributed by atoms with Crippen LogP contribution in [0, 0.1) is 6.92 Å². The van der Waals surface area contributed by atoms with E-state index in [9.17, 15) is 13.2 Å². The quantitative estimate of drug-likeness (QED) is 0.832. The summed E-state index contributed by atoms with van der Waals surface area (Å²) in [6.07, 6.45) is 3.70. The zero-order valence-electron chi connectivity index (χ0n) is 11.1. The van der Waals surface area contributed by atoms with Gasteiger partial charge in [0.05, 0.1) is 6.04 Å². The molecule has 0 spiro atoms. The van der Waals surface area contributed by atoms with Crippen molar-refractivity contribution >= 4 is 15.8 Å². The van der Waals surface area contributed by atoms with E-state index in [1.54, 1.807) is 6.92 Å². The van der Waals surface area contributed by atoms with Crippen LogP contribution in [0.2, 0.25) is 0 Å². The van der Waals surface area contributed by atoms with E-state index < -0.39 is 16.1 Å². The maximum atomic E-state index is 12.4. The lowest BCUT2D eigenvalue weighted by Crippen LogP contribution is -2.47. The fourth-order valence-electron chi connectivity index (χ4n) is 2.35. The minimum absolute atomic E-state index is 0.0971. The molecule has 2 heterocycles. The molecule has 0 bridgehead atoms. The molecule has 7 heteroatoms. The van der Waals surface area contributed by atoms with Crippen LogP contribution >= 0.6 is 0 Å². The molecule has 2 rings (SSSR count). The van der Waals surface area contributed by atoms with Crippen molar-refractivity contribution in [1.29, 1.82) is 0 Å². The van der Waals surface area contributed by atoms with Crippen molar-refractivity contribution < 1.29 is 17.7 Å². The van der Waals surface area contributed by atoms with Gasteiger partial charge in [0.25, 0.3) is 0 Å². The van der Waals surface area contributed by atoms with Crippen molar-refractivity contribution in [3.8, 4) is 0 Å². The number of ketones is 1. The zero-order valence-corrected chi connectivity index (χ0v) is 11.9. The Morgan fingerprint density at radius 3 is 2.84 bits per heavy atom. The topological polar surface area (TPSA) is 80.5 Å². The Kier molecular flexibility index (Phi) is 4.05. The van der Waals surface area contributed by atoms with E-state index in [2.05, 4.69) is 5.16 Å². The third-order valence-electron chi connectivity index (χ3n) is 3.45. The molecular formula is C12H18N2O4S. The summed E-state index contributed by atoms with van der Waals surface area (Å²) < 4.78 is 30.9. The lowest BCUT2D eigenvalue weighted by molar-refractivity contribution is -0.121. The first-order valence-corrected chi connectivity index (χ1v) is 7.92. The second-order valence-corrected chi connectivity index (χ2v) is 6.85. The first kappa shape index (κ1) is 14.2. The Morgan fingerprint density at radius 2 is 2.26 bits per heavy atom. The number of piperidine rings is 1. The highest BCUT2D eigenvalue weighted by molar-refractivity contribution is 7.88. The zero-order chi connectivity index (χ0) is 14.0. The van der Waals surface area contributed by atoms with E-state index in [0.29, 0.717) is 24.2 Å². The van der Waals surface area contributed by atoms with Crippen molar-refractivity contribution in [2.75, 3.05) is 6.54 Å². The van der Waals surface area contributed by atoms with Crippen molar-refractivity contribution in [2.45, 2.75) is 44.9 Å². The third kappa shape index (κ3) is 3.03. The summed E-state index contributed by atoms with van der Waals surface area (Å²) in [4.78, 5) is 11.6. The van der Waals surface area contributed by atoms with Crippen LogP contribution in [-0.2, 0) is 20.6 Å². The number of sulfonamides is 1. The summed E-state index contributed by atoms with van der Waals surface area (Å²) in [6.45, 7) is 3.60. The SMILES string of the molecule is CC(=O)C1CCCCN1S(=O)(=O)Cc1nocc1C. The average Bonchev–Trinajstić information content (AvgIpc) is 2.74. The minimum atomic E-state index is -3.53. The normalized spacial score (nSPS) is 21.5. The molecule has 0 amide bonds. The van der Waals surface area contributed by atoms with E-state index in [0.717, 1.165) is 12.8 Å². The highest BCUT2D eigenvalue weighted by Gasteiger charge is 2.35. The molecule has 0 radical (unpaired) electrons. The van der Waals surface area contributed by atoms with Gasteiger partial charge in [0.1, 0.15) is 23.5 Å². The van der Waals surface area contributed by atoms with Gasteiger partial charge < -0.3 is 4.52 Å². The van der Waals surface area contributed by atoms with Gasteiger partial charge in [0.2, 0.25) is 10.0 Å². The number of hydrogen-bond donors (Lipinski definition) is 0. The fraction of sp³-hybridized carbons (Fsp3) is 0.667.